The number of halogens is 2. The van der Waals surface area contributed by atoms with Gasteiger partial charge in [-0.25, -0.2) is 8.42 Å². The van der Waals surface area contributed by atoms with E-state index in [1.54, 1.807) is 28.8 Å². The number of hydrogen-bond donors (Lipinski definition) is 0. The zero-order valence-corrected chi connectivity index (χ0v) is 14.9. The Hall–Kier alpha value is -1.32. The molecule has 24 heavy (non-hydrogen) atoms. The van der Waals surface area contributed by atoms with Crippen molar-refractivity contribution in [1.82, 2.24) is 14.0 Å². The lowest BCUT2D eigenvalue weighted by Crippen LogP contribution is -2.37. The van der Waals surface area contributed by atoms with Crippen LogP contribution in [0.3, 0.4) is 0 Å². The smallest absolute Gasteiger partial charge is 0.303 e. The second-order valence-corrected chi connectivity index (χ2v) is 8.54. The van der Waals surface area contributed by atoms with Gasteiger partial charge in [-0.2, -0.15) is 8.78 Å². The van der Waals surface area contributed by atoms with Gasteiger partial charge in [-0.05, 0) is 37.3 Å². The Bertz CT molecular complexity index is 905. The molecule has 0 unspecified atom stereocenters. The third-order valence-corrected chi connectivity index (χ3v) is 6.69. The molecule has 1 aliphatic heterocycles. The van der Waals surface area contributed by atoms with E-state index in [1.807, 2.05) is 11.8 Å². The van der Waals surface area contributed by atoms with Crippen molar-refractivity contribution in [1.29, 1.82) is 0 Å². The second-order valence-electron chi connectivity index (χ2n) is 5.95. The third-order valence-electron chi connectivity index (χ3n) is 4.52. The Labute approximate surface area is 144 Å². The minimum atomic E-state index is -3.01. The number of fused-ring (bicyclic) bond motifs is 1. The Balaban J connectivity index is 2.00. The molecular weight excluding hydrogens is 356 g/mol. The van der Waals surface area contributed by atoms with Crippen LogP contribution >= 0.6 is 12.2 Å². The molecule has 0 radical (unpaired) electrons. The average molecular weight is 375 g/mol. The molecule has 1 aromatic heterocycles. The summed E-state index contributed by atoms with van der Waals surface area (Å²) in [5, 5.41) is 0. The van der Waals surface area contributed by atoms with Crippen LogP contribution in [0.2, 0.25) is 0 Å². The Morgan fingerprint density at radius 3 is 2.54 bits per heavy atom. The molecule has 0 N–H and O–H groups in total. The lowest BCUT2D eigenvalue weighted by atomic mass is 10.2. The van der Waals surface area contributed by atoms with E-state index in [0.29, 0.717) is 30.7 Å². The summed E-state index contributed by atoms with van der Waals surface area (Å²) in [6, 6.07) is 6.74. The first-order chi connectivity index (χ1) is 11.3. The molecule has 1 aliphatic rings. The van der Waals surface area contributed by atoms with Crippen LogP contribution in [0.15, 0.2) is 24.3 Å². The minimum absolute atomic E-state index is 0.0468. The normalized spacial score (nSPS) is 20.5. The molecule has 0 saturated carbocycles. The van der Waals surface area contributed by atoms with Gasteiger partial charge < -0.3 is 4.57 Å². The molecule has 1 aromatic carbocycles. The van der Waals surface area contributed by atoms with Crippen LogP contribution < -0.4 is 0 Å². The van der Waals surface area contributed by atoms with Crippen LogP contribution in [-0.2, 0) is 16.5 Å². The van der Waals surface area contributed by atoms with Gasteiger partial charge in [0.05, 0.1) is 29.2 Å². The van der Waals surface area contributed by atoms with Crippen molar-refractivity contribution >= 4 is 33.1 Å². The van der Waals surface area contributed by atoms with Gasteiger partial charge in [0.1, 0.15) is 0 Å². The van der Waals surface area contributed by atoms with Gasteiger partial charge in [0.2, 0.25) is 0 Å². The highest BCUT2D eigenvalue weighted by atomic mass is 32.2. The maximum atomic E-state index is 13.4. The topological polar surface area (TPSA) is 47.2 Å². The van der Waals surface area contributed by atoms with E-state index in [1.165, 1.54) is 0 Å². The molecule has 2 heterocycles. The van der Waals surface area contributed by atoms with E-state index in [-0.39, 0.29) is 22.3 Å². The summed E-state index contributed by atoms with van der Waals surface area (Å²) in [4.78, 5) is 1.99. The zero-order chi connectivity index (χ0) is 17.5. The fourth-order valence-electron chi connectivity index (χ4n) is 3.28. The standard InChI is InChI=1S/C15H19F2N3O2S2/c1-2-18(11-7-8-24(21,22)9-11)10-19-12-5-3-4-6-13(12)20(14(16)17)15(19)23/h3-6,11,14H,2,7-10H2,1H3/t11-/m1/s1. The van der Waals surface area contributed by atoms with Crippen LogP contribution in [0.4, 0.5) is 8.78 Å². The maximum Gasteiger partial charge on any atom is 0.321 e. The molecule has 3 rings (SSSR count). The quantitative estimate of drug-likeness (QED) is 0.754. The van der Waals surface area contributed by atoms with Crippen molar-refractivity contribution in [2.45, 2.75) is 32.6 Å². The van der Waals surface area contributed by atoms with Crippen molar-refractivity contribution in [3.05, 3.63) is 29.0 Å². The SMILES string of the molecule is CCN(Cn1c(=S)n(C(F)F)c2ccccc21)[C@@H]1CCS(=O)(=O)C1. The van der Waals surface area contributed by atoms with Crippen LogP contribution in [0.25, 0.3) is 11.0 Å². The highest BCUT2D eigenvalue weighted by molar-refractivity contribution is 7.91. The summed E-state index contributed by atoms with van der Waals surface area (Å²) in [5.74, 6) is 0.292. The Morgan fingerprint density at radius 2 is 2.00 bits per heavy atom. The van der Waals surface area contributed by atoms with Crippen LogP contribution in [-0.4, -0.2) is 46.5 Å². The van der Waals surface area contributed by atoms with Crippen LogP contribution in [0.1, 0.15) is 19.9 Å². The molecule has 9 heteroatoms. The highest BCUT2D eigenvalue weighted by Gasteiger charge is 2.32. The lowest BCUT2D eigenvalue weighted by Gasteiger charge is -2.27. The molecule has 0 bridgehead atoms. The van der Waals surface area contributed by atoms with Gasteiger partial charge in [-0.3, -0.25) is 9.47 Å². The first-order valence-electron chi connectivity index (χ1n) is 7.76. The van der Waals surface area contributed by atoms with Crippen LogP contribution in [0, 0.1) is 4.77 Å². The third kappa shape index (κ3) is 3.12. The first-order valence-corrected chi connectivity index (χ1v) is 9.99. The number of nitrogens with zero attached hydrogens (tertiary/aromatic N) is 3. The van der Waals surface area contributed by atoms with Crippen molar-refractivity contribution in [3.63, 3.8) is 0 Å². The zero-order valence-electron chi connectivity index (χ0n) is 13.2. The molecule has 2 aromatic rings. The van der Waals surface area contributed by atoms with Crippen molar-refractivity contribution in [2.24, 2.45) is 0 Å². The largest absolute Gasteiger partial charge is 0.321 e. The first kappa shape index (κ1) is 17.5. The number of imidazole rings is 1. The Kier molecular flexibility index (Phi) is 4.76. The van der Waals surface area contributed by atoms with E-state index >= 15 is 0 Å². The number of aromatic nitrogens is 2. The number of benzene rings is 1. The molecule has 1 fully saturated rings. The van der Waals surface area contributed by atoms with Crippen molar-refractivity contribution < 1.29 is 17.2 Å². The van der Waals surface area contributed by atoms with Gasteiger partial charge in [-0.15, -0.1) is 0 Å². The fraction of sp³-hybridized carbons (Fsp3) is 0.533. The predicted octanol–water partition coefficient (Wildman–Crippen LogP) is 3.03. The highest BCUT2D eigenvalue weighted by Crippen LogP contribution is 2.25. The fourth-order valence-corrected chi connectivity index (χ4v) is 5.37. The van der Waals surface area contributed by atoms with Crippen molar-refractivity contribution in [2.75, 3.05) is 18.1 Å². The number of para-hydroxylation sites is 2. The monoisotopic (exact) mass is 375 g/mol. The lowest BCUT2D eigenvalue weighted by molar-refractivity contribution is 0.0712. The molecule has 0 aliphatic carbocycles. The number of hydrogen-bond acceptors (Lipinski definition) is 4. The molecule has 0 spiro atoms. The molecule has 132 valence electrons. The predicted molar refractivity (Wildman–Crippen MR) is 91.5 cm³/mol. The van der Waals surface area contributed by atoms with E-state index in [9.17, 15) is 17.2 Å². The summed E-state index contributed by atoms with van der Waals surface area (Å²) >= 11 is 5.26. The molecular formula is C15H19F2N3O2S2. The van der Waals surface area contributed by atoms with Crippen LogP contribution in [0.5, 0.6) is 0 Å². The van der Waals surface area contributed by atoms with Gasteiger partial charge >= 0.3 is 6.55 Å². The summed E-state index contributed by atoms with van der Waals surface area (Å²) < 4.78 is 52.8. The van der Waals surface area contributed by atoms with Gasteiger partial charge in [0.25, 0.3) is 0 Å². The van der Waals surface area contributed by atoms with E-state index in [2.05, 4.69) is 0 Å². The van der Waals surface area contributed by atoms with Crippen molar-refractivity contribution in [3.8, 4) is 0 Å². The average Bonchev–Trinajstić information content (AvgIpc) is 3.02. The summed E-state index contributed by atoms with van der Waals surface area (Å²) in [6.45, 7) is 0.137. The van der Waals surface area contributed by atoms with E-state index in [0.717, 1.165) is 4.57 Å². The summed E-state index contributed by atoms with van der Waals surface area (Å²) in [6.07, 6.45) is 0.566. The number of rotatable bonds is 5. The summed E-state index contributed by atoms with van der Waals surface area (Å²) in [7, 11) is -3.01. The van der Waals surface area contributed by atoms with Gasteiger partial charge in [-0.1, -0.05) is 19.1 Å². The molecule has 1 saturated heterocycles. The molecule has 5 nitrogen and oxygen atoms in total. The minimum Gasteiger partial charge on any atom is -0.303 e. The van der Waals surface area contributed by atoms with E-state index in [4.69, 9.17) is 12.2 Å². The summed E-state index contributed by atoms with van der Waals surface area (Å²) in [5.41, 5.74) is 1.01. The Morgan fingerprint density at radius 1 is 1.33 bits per heavy atom. The number of alkyl halides is 2. The molecule has 1 atom stereocenters. The van der Waals surface area contributed by atoms with Gasteiger partial charge in [0, 0.05) is 6.04 Å². The van der Waals surface area contributed by atoms with E-state index < -0.39 is 16.4 Å². The second kappa shape index (κ2) is 6.53. The molecule has 0 amide bonds. The van der Waals surface area contributed by atoms with Gasteiger partial charge in [0.15, 0.2) is 14.6 Å². The number of sulfone groups is 1. The maximum absolute atomic E-state index is 13.4.